The third-order valence-electron chi connectivity index (χ3n) is 1.73. The van der Waals surface area contributed by atoms with Crippen LogP contribution in [0.3, 0.4) is 0 Å². The standard InChI is InChI=1S/C7H10N2O3/c1-3-5(7(11)12)6(10)9-4(2)8-3/h3,5H,1-2H3,(H,11,12)(H,8,9,10). The van der Waals surface area contributed by atoms with Crippen LogP contribution < -0.4 is 5.32 Å². The van der Waals surface area contributed by atoms with Gasteiger partial charge in [-0.1, -0.05) is 0 Å². The SMILES string of the molecule is CC1=NC(C)C(C(=O)O)C(=O)N1. The molecule has 0 aliphatic carbocycles. The van der Waals surface area contributed by atoms with Gasteiger partial charge in [0.1, 0.15) is 5.84 Å². The summed E-state index contributed by atoms with van der Waals surface area (Å²) in [5, 5.41) is 11.0. The van der Waals surface area contributed by atoms with Crippen molar-refractivity contribution >= 4 is 17.7 Å². The van der Waals surface area contributed by atoms with Crippen LogP contribution in [0.4, 0.5) is 0 Å². The number of carboxylic acid groups (broad SMARTS) is 1. The quantitative estimate of drug-likeness (QED) is 0.527. The molecule has 5 nitrogen and oxygen atoms in total. The van der Waals surface area contributed by atoms with E-state index in [9.17, 15) is 9.59 Å². The monoisotopic (exact) mass is 170 g/mol. The Kier molecular flexibility index (Phi) is 2.12. The molecule has 66 valence electrons. The van der Waals surface area contributed by atoms with Crippen LogP contribution in [-0.2, 0) is 9.59 Å². The number of rotatable bonds is 1. The van der Waals surface area contributed by atoms with Gasteiger partial charge in [0.15, 0.2) is 5.92 Å². The lowest BCUT2D eigenvalue weighted by Gasteiger charge is -2.21. The molecule has 2 N–H and O–H groups in total. The van der Waals surface area contributed by atoms with E-state index in [0.717, 1.165) is 0 Å². The van der Waals surface area contributed by atoms with Crippen molar-refractivity contribution in [3.63, 3.8) is 0 Å². The number of carbonyl (C=O) groups is 2. The summed E-state index contributed by atoms with van der Waals surface area (Å²) < 4.78 is 0. The van der Waals surface area contributed by atoms with Gasteiger partial charge in [-0.2, -0.15) is 0 Å². The van der Waals surface area contributed by atoms with Crippen molar-refractivity contribution in [1.29, 1.82) is 0 Å². The van der Waals surface area contributed by atoms with Gasteiger partial charge < -0.3 is 10.4 Å². The molecular formula is C7H10N2O3. The summed E-state index contributed by atoms with van der Waals surface area (Å²) in [6.45, 7) is 3.24. The summed E-state index contributed by atoms with van der Waals surface area (Å²) in [5.74, 6) is -2.18. The predicted molar refractivity (Wildman–Crippen MR) is 41.8 cm³/mol. The molecule has 1 amide bonds. The maximum atomic E-state index is 11.1. The molecule has 1 aliphatic heterocycles. The molecular weight excluding hydrogens is 160 g/mol. The van der Waals surface area contributed by atoms with Crippen molar-refractivity contribution in [1.82, 2.24) is 5.32 Å². The lowest BCUT2D eigenvalue weighted by molar-refractivity contribution is -0.147. The van der Waals surface area contributed by atoms with Crippen LogP contribution in [0.1, 0.15) is 13.8 Å². The molecule has 2 atom stereocenters. The lowest BCUT2D eigenvalue weighted by atomic mass is 9.99. The zero-order chi connectivity index (χ0) is 9.30. The summed E-state index contributed by atoms with van der Waals surface area (Å²) in [6, 6.07) is -0.476. The maximum absolute atomic E-state index is 11.1. The third-order valence-corrected chi connectivity index (χ3v) is 1.73. The normalized spacial score (nSPS) is 29.2. The van der Waals surface area contributed by atoms with Crippen molar-refractivity contribution in [3.8, 4) is 0 Å². The molecule has 1 aliphatic rings. The summed E-state index contributed by atoms with van der Waals surface area (Å²) in [4.78, 5) is 25.6. The number of carboxylic acids is 1. The van der Waals surface area contributed by atoms with Crippen molar-refractivity contribution in [2.24, 2.45) is 10.9 Å². The Morgan fingerprint density at radius 2 is 2.25 bits per heavy atom. The number of amides is 1. The molecule has 0 aromatic rings. The number of nitrogens with one attached hydrogen (secondary N) is 1. The molecule has 0 spiro atoms. The molecule has 5 heteroatoms. The number of hydrogen-bond acceptors (Lipinski definition) is 3. The van der Waals surface area contributed by atoms with Crippen LogP contribution in [-0.4, -0.2) is 28.9 Å². The molecule has 0 fully saturated rings. The maximum Gasteiger partial charge on any atom is 0.318 e. The van der Waals surface area contributed by atoms with E-state index in [-0.39, 0.29) is 0 Å². The van der Waals surface area contributed by atoms with E-state index in [0.29, 0.717) is 5.84 Å². The highest BCUT2D eigenvalue weighted by Crippen LogP contribution is 2.12. The van der Waals surface area contributed by atoms with Crippen LogP contribution in [0.15, 0.2) is 4.99 Å². The van der Waals surface area contributed by atoms with Crippen molar-refractivity contribution in [3.05, 3.63) is 0 Å². The molecule has 1 heterocycles. The Morgan fingerprint density at radius 1 is 1.67 bits per heavy atom. The van der Waals surface area contributed by atoms with Gasteiger partial charge in [0.05, 0.1) is 6.04 Å². The van der Waals surface area contributed by atoms with Crippen LogP contribution in [0, 0.1) is 5.92 Å². The Labute approximate surface area is 69.5 Å². The van der Waals surface area contributed by atoms with Crippen LogP contribution in [0.25, 0.3) is 0 Å². The van der Waals surface area contributed by atoms with E-state index in [2.05, 4.69) is 10.3 Å². The van der Waals surface area contributed by atoms with Crippen LogP contribution in [0.2, 0.25) is 0 Å². The Balaban J connectivity index is 2.90. The first-order valence-corrected chi connectivity index (χ1v) is 3.60. The minimum Gasteiger partial charge on any atom is -0.481 e. The van der Waals surface area contributed by atoms with Gasteiger partial charge in [-0.05, 0) is 13.8 Å². The van der Waals surface area contributed by atoms with E-state index >= 15 is 0 Å². The zero-order valence-electron chi connectivity index (χ0n) is 6.87. The second-order valence-electron chi connectivity index (χ2n) is 2.76. The molecule has 0 radical (unpaired) electrons. The lowest BCUT2D eigenvalue weighted by Crippen LogP contribution is -2.47. The van der Waals surface area contributed by atoms with Gasteiger partial charge in [-0.15, -0.1) is 0 Å². The van der Waals surface area contributed by atoms with Crippen LogP contribution in [0.5, 0.6) is 0 Å². The van der Waals surface area contributed by atoms with Gasteiger partial charge in [-0.25, -0.2) is 0 Å². The van der Waals surface area contributed by atoms with E-state index in [4.69, 9.17) is 5.11 Å². The smallest absolute Gasteiger partial charge is 0.318 e. The summed E-state index contributed by atoms with van der Waals surface area (Å²) in [5.41, 5.74) is 0. The number of nitrogens with zero attached hydrogens (tertiary/aromatic N) is 1. The molecule has 2 unspecified atom stereocenters. The van der Waals surface area contributed by atoms with E-state index in [1.54, 1.807) is 13.8 Å². The largest absolute Gasteiger partial charge is 0.481 e. The van der Waals surface area contributed by atoms with Gasteiger partial charge in [-0.3, -0.25) is 14.6 Å². The van der Waals surface area contributed by atoms with Crippen molar-refractivity contribution in [2.75, 3.05) is 0 Å². The zero-order valence-corrected chi connectivity index (χ0v) is 6.87. The molecule has 12 heavy (non-hydrogen) atoms. The molecule has 1 rings (SSSR count). The molecule has 0 aromatic carbocycles. The number of carbonyl (C=O) groups excluding carboxylic acids is 1. The fraction of sp³-hybridized carbons (Fsp3) is 0.571. The second kappa shape index (κ2) is 2.92. The minimum atomic E-state index is -1.13. The Morgan fingerprint density at radius 3 is 2.67 bits per heavy atom. The molecule has 0 aromatic heterocycles. The van der Waals surface area contributed by atoms with E-state index in [1.165, 1.54) is 0 Å². The molecule has 0 saturated carbocycles. The van der Waals surface area contributed by atoms with Crippen molar-refractivity contribution in [2.45, 2.75) is 19.9 Å². The fourth-order valence-electron chi connectivity index (χ4n) is 1.21. The van der Waals surface area contributed by atoms with Gasteiger partial charge in [0.25, 0.3) is 0 Å². The van der Waals surface area contributed by atoms with Gasteiger partial charge in [0, 0.05) is 0 Å². The third kappa shape index (κ3) is 1.44. The average molecular weight is 170 g/mol. The van der Waals surface area contributed by atoms with Crippen molar-refractivity contribution < 1.29 is 14.7 Å². The van der Waals surface area contributed by atoms with E-state index in [1.807, 2.05) is 0 Å². The first kappa shape index (κ1) is 8.70. The number of aliphatic imine (C=N–C) groups is 1. The Bertz CT molecular complexity index is 259. The number of aliphatic carboxylic acids is 1. The Hall–Kier alpha value is -1.39. The topological polar surface area (TPSA) is 78.8 Å². The minimum absolute atomic E-state index is 0.476. The highest BCUT2D eigenvalue weighted by molar-refractivity contribution is 6.07. The highest BCUT2D eigenvalue weighted by atomic mass is 16.4. The summed E-state index contributed by atoms with van der Waals surface area (Å²) >= 11 is 0. The first-order chi connectivity index (χ1) is 5.52. The second-order valence-corrected chi connectivity index (χ2v) is 2.76. The van der Waals surface area contributed by atoms with Gasteiger partial charge >= 0.3 is 5.97 Å². The van der Waals surface area contributed by atoms with Crippen LogP contribution >= 0.6 is 0 Å². The summed E-state index contributed by atoms with van der Waals surface area (Å²) in [7, 11) is 0. The molecule has 0 saturated heterocycles. The molecule has 0 bridgehead atoms. The van der Waals surface area contributed by atoms with E-state index < -0.39 is 23.8 Å². The highest BCUT2D eigenvalue weighted by Gasteiger charge is 2.35. The predicted octanol–water partition coefficient (Wildman–Crippen LogP) is -0.376. The number of amidine groups is 1. The number of hydrogen-bond donors (Lipinski definition) is 2. The fourth-order valence-corrected chi connectivity index (χ4v) is 1.21. The van der Waals surface area contributed by atoms with Gasteiger partial charge in [0.2, 0.25) is 5.91 Å². The first-order valence-electron chi connectivity index (χ1n) is 3.60. The average Bonchev–Trinajstić information content (AvgIpc) is 1.82. The summed E-state index contributed by atoms with van der Waals surface area (Å²) in [6.07, 6.45) is 0.